The van der Waals surface area contributed by atoms with Crippen LogP contribution in [0.5, 0.6) is 0 Å². The third-order valence-corrected chi connectivity index (χ3v) is 5.42. The van der Waals surface area contributed by atoms with Crippen LogP contribution in [-0.4, -0.2) is 28.0 Å². The van der Waals surface area contributed by atoms with Crippen LogP contribution in [0.2, 0.25) is 0 Å². The summed E-state index contributed by atoms with van der Waals surface area (Å²) in [5, 5.41) is 3.89. The summed E-state index contributed by atoms with van der Waals surface area (Å²) in [7, 11) is 0. The number of esters is 1. The van der Waals surface area contributed by atoms with Gasteiger partial charge in [0.25, 0.3) is 0 Å². The lowest BCUT2D eigenvalue weighted by atomic mass is 9.81. The number of nitrogens with two attached hydrogens (primary N) is 1. The molecule has 0 atom stereocenters. The van der Waals surface area contributed by atoms with Crippen LogP contribution in [0.1, 0.15) is 46.5 Å². The van der Waals surface area contributed by atoms with E-state index in [-0.39, 0.29) is 24.5 Å². The van der Waals surface area contributed by atoms with Crippen molar-refractivity contribution >= 4 is 28.6 Å². The fourth-order valence-corrected chi connectivity index (χ4v) is 3.54. The second-order valence-electron chi connectivity index (χ2n) is 8.63. The lowest BCUT2D eigenvalue weighted by Gasteiger charge is -2.26. The first-order valence-corrected chi connectivity index (χ1v) is 9.91. The fourth-order valence-electron chi connectivity index (χ4n) is 3.54. The van der Waals surface area contributed by atoms with E-state index in [1.54, 1.807) is 16.8 Å². The van der Waals surface area contributed by atoms with Gasteiger partial charge in [-0.05, 0) is 71.0 Å². The van der Waals surface area contributed by atoms with Gasteiger partial charge in [-0.1, -0.05) is 0 Å². The van der Waals surface area contributed by atoms with Crippen molar-refractivity contribution in [2.75, 3.05) is 11.9 Å². The Hall–Kier alpha value is -2.41. The van der Waals surface area contributed by atoms with Crippen LogP contribution in [0.15, 0.2) is 24.5 Å². The Morgan fingerprint density at radius 2 is 1.96 bits per heavy atom. The van der Waals surface area contributed by atoms with E-state index in [9.17, 15) is 9.59 Å². The van der Waals surface area contributed by atoms with E-state index in [1.165, 1.54) is 0 Å². The highest BCUT2D eigenvalue weighted by Crippen LogP contribution is 2.30. The Morgan fingerprint density at radius 3 is 2.61 bits per heavy atom. The zero-order valence-electron chi connectivity index (χ0n) is 16.9. The minimum atomic E-state index is -0.557. The molecule has 2 aromatic rings. The lowest BCUT2D eigenvalue weighted by Crippen LogP contribution is -2.29. The van der Waals surface area contributed by atoms with Gasteiger partial charge in [-0.2, -0.15) is 0 Å². The zero-order chi connectivity index (χ0) is 20.3. The molecule has 0 aliphatic heterocycles. The van der Waals surface area contributed by atoms with E-state index in [0.717, 1.165) is 36.8 Å². The van der Waals surface area contributed by atoms with E-state index in [0.29, 0.717) is 18.1 Å². The molecule has 0 spiro atoms. The molecule has 7 heteroatoms. The summed E-state index contributed by atoms with van der Waals surface area (Å²) < 4.78 is 7.15. The number of nitrogens with one attached hydrogen (secondary N) is 1. The van der Waals surface area contributed by atoms with E-state index >= 15 is 0 Å². The van der Waals surface area contributed by atoms with Gasteiger partial charge in [-0.25, -0.2) is 4.98 Å². The summed E-state index contributed by atoms with van der Waals surface area (Å²) in [6.45, 7) is 6.24. The summed E-state index contributed by atoms with van der Waals surface area (Å²) in [5.41, 5.74) is 6.59. The average Bonchev–Trinajstić information content (AvgIpc) is 3.09. The number of amides is 1. The number of carbonyl (C=O) groups is 2. The third kappa shape index (κ3) is 4.52. The van der Waals surface area contributed by atoms with Gasteiger partial charge in [0.05, 0.1) is 11.1 Å². The van der Waals surface area contributed by atoms with Gasteiger partial charge < -0.3 is 15.8 Å². The largest absolute Gasteiger partial charge is 0.443 e. The van der Waals surface area contributed by atoms with Crippen molar-refractivity contribution in [3.8, 4) is 0 Å². The zero-order valence-corrected chi connectivity index (χ0v) is 16.9. The molecule has 2 aromatic heterocycles. The number of hydrogen-bond donors (Lipinski definition) is 2. The van der Waals surface area contributed by atoms with E-state index in [2.05, 4.69) is 10.3 Å². The number of fused-ring (bicyclic) bond motifs is 1. The summed E-state index contributed by atoms with van der Waals surface area (Å²) >= 11 is 0. The first kappa shape index (κ1) is 20.3. The molecule has 1 aliphatic rings. The van der Waals surface area contributed by atoms with Gasteiger partial charge in [0.15, 0.2) is 6.73 Å². The standard InChI is InChI=1S/C21H30N4O3/c1-21(2,3)20(27)28-13-25-11-9-16-17(8-10-23-18(16)25)24-19(26)15-6-4-14(12-22)5-7-15/h8-11,14-15H,4-7,12-13,22H2,1-3H3,(H,23,24,26). The summed E-state index contributed by atoms with van der Waals surface area (Å²) in [5.74, 6) is 0.351. The fraction of sp³-hybridized carbons (Fsp3) is 0.571. The van der Waals surface area contributed by atoms with Gasteiger partial charge in [0.2, 0.25) is 5.91 Å². The highest BCUT2D eigenvalue weighted by molar-refractivity contribution is 6.01. The van der Waals surface area contributed by atoms with Crippen LogP contribution in [0.25, 0.3) is 11.0 Å². The maximum Gasteiger partial charge on any atom is 0.312 e. The molecule has 152 valence electrons. The molecule has 2 heterocycles. The van der Waals surface area contributed by atoms with Crippen molar-refractivity contribution in [1.29, 1.82) is 0 Å². The van der Waals surface area contributed by atoms with E-state index in [1.807, 2.05) is 33.0 Å². The SMILES string of the molecule is CC(C)(C)C(=O)OCn1ccc2c(NC(=O)C3CCC(CN)CC3)ccnc21. The molecule has 0 radical (unpaired) electrons. The van der Waals surface area contributed by atoms with Crippen molar-refractivity contribution in [3.05, 3.63) is 24.5 Å². The van der Waals surface area contributed by atoms with Crippen molar-refractivity contribution in [2.45, 2.75) is 53.2 Å². The van der Waals surface area contributed by atoms with Crippen LogP contribution in [-0.2, 0) is 21.1 Å². The van der Waals surface area contributed by atoms with Crippen LogP contribution in [0, 0.1) is 17.3 Å². The van der Waals surface area contributed by atoms with Crippen molar-refractivity contribution in [2.24, 2.45) is 23.0 Å². The number of hydrogen-bond acceptors (Lipinski definition) is 5. The molecule has 0 unspecified atom stereocenters. The van der Waals surface area contributed by atoms with Crippen molar-refractivity contribution in [1.82, 2.24) is 9.55 Å². The number of rotatable bonds is 5. The molecular formula is C21H30N4O3. The number of anilines is 1. The van der Waals surface area contributed by atoms with Crippen LogP contribution in [0.3, 0.4) is 0 Å². The van der Waals surface area contributed by atoms with Gasteiger partial charge in [0, 0.05) is 23.7 Å². The summed E-state index contributed by atoms with van der Waals surface area (Å²) in [6, 6.07) is 3.69. The maximum absolute atomic E-state index is 12.7. The van der Waals surface area contributed by atoms with Gasteiger partial charge in [0.1, 0.15) is 5.65 Å². The Kier molecular flexibility index (Phi) is 6.03. The third-order valence-electron chi connectivity index (χ3n) is 5.42. The molecule has 0 aromatic carbocycles. The number of aromatic nitrogens is 2. The number of ether oxygens (including phenoxy) is 1. The van der Waals surface area contributed by atoms with Gasteiger partial charge >= 0.3 is 5.97 Å². The minimum absolute atomic E-state index is 0.0286. The smallest absolute Gasteiger partial charge is 0.312 e. The Morgan fingerprint density at radius 1 is 1.25 bits per heavy atom. The number of carbonyl (C=O) groups excluding carboxylic acids is 2. The predicted octanol–water partition coefficient (Wildman–Crippen LogP) is 3.29. The molecule has 28 heavy (non-hydrogen) atoms. The molecular weight excluding hydrogens is 356 g/mol. The maximum atomic E-state index is 12.7. The lowest BCUT2D eigenvalue weighted by molar-refractivity contribution is -0.156. The van der Waals surface area contributed by atoms with Gasteiger partial charge in [-0.3, -0.25) is 14.2 Å². The summed E-state index contributed by atoms with van der Waals surface area (Å²) in [6.07, 6.45) is 7.25. The molecule has 1 saturated carbocycles. The Bertz CT molecular complexity index is 845. The first-order chi connectivity index (χ1) is 13.3. The monoisotopic (exact) mass is 386 g/mol. The van der Waals surface area contributed by atoms with Crippen LogP contribution < -0.4 is 11.1 Å². The second kappa shape index (κ2) is 8.31. The molecule has 3 rings (SSSR count). The van der Waals surface area contributed by atoms with Crippen molar-refractivity contribution in [3.63, 3.8) is 0 Å². The normalized spacial score (nSPS) is 20.1. The highest BCUT2D eigenvalue weighted by Gasteiger charge is 2.26. The highest BCUT2D eigenvalue weighted by atomic mass is 16.5. The van der Waals surface area contributed by atoms with E-state index in [4.69, 9.17) is 10.5 Å². The van der Waals surface area contributed by atoms with Gasteiger partial charge in [-0.15, -0.1) is 0 Å². The predicted molar refractivity (Wildman–Crippen MR) is 108 cm³/mol. The molecule has 7 nitrogen and oxygen atoms in total. The minimum Gasteiger partial charge on any atom is -0.443 e. The van der Waals surface area contributed by atoms with E-state index < -0.39 is 5.41 Å². The van der Waals surface area contributed by atoms with Crippen molar-refractivity contribution < 1.29 is 14.3 Å². The Balaban J connectivity index is 1.69. The molecule has 0 bridgehead atoms. The molecule has 1 amide bonds. The molecule has 0 saturated heterocycles. The summed E-state index contributed by atoms with van der Waals surface area (Å²) in [4.78, 5) is 29.1. The molecule has 1 aliphatic carbocycles. The second-order valence-corrected chi connectivity index (χ2v) is 8.63. The number of nitrogens with zero attached hydrogens (tertiary/aromatic N) is 2. The average molecular weight is 386 g/mol. The number of pyridine rings is 1. The van der Waals surface area contributed by atoms with Crippen LogP contribution >= 0.6 is 0 Å². The molecule has 1 fully saturated rings. The van der Waals surface area contributed by atoms with Crippen LogP contribution in [0.4, 0.5) is 5.69 Å². The molecule has 3 N–H and O–H groups in total. The first-order valence-electron chi connectivity index (χ1n) is 9.91. The topological polar surface area (TPSA) is 99.2 Å². The Labute approximate surface area is 165 Å². The quantitative estimate of drug-likeness (QED) is 0.768.